The topological polar surface area (TPSA) is 71.0 Å². The summed E-state index contributed by atoms with van der Waals surface area (Å²) in [6.07, 6.45) is 10.7. The number of rotatable bonds is 7. The number of nitrogens with one attached hydrogen (secondary N) is 1. The molecule has 0 radical (unpaired) electrons. The van der Waals surface area contributed by atoms with Gasteiger partial charge in [0.15, 0.2) is 5.13 Å². The van der Waals surface area contributed by atoms with Gasteiger partial charge in [-0.1, -0.05) is 12.6 Å². The molecule has 1 atom stereocenters. The third kappa shape index (κ3) is 5.76. The van der Waals surface area contributed by atoms with Crippen LogP contribution in [0.25, 0.3) is 0 Å². The molecule has 1 amide bonds. The van der Waals surface area contributed by atoms with E-state index < -0.39 is 0 Å². The minimum Gasteiger partial charge on any atom is -0.339 e. The predicted molar refractivity (Wildman–Crippen MR) is 125 cm³/mol. The number of aromatic nitrogens is 3. The zero-order valence-electron chi connectivity index (χ0n) is 17.8. The van der Waals surface area contributed by atoms with E-state index >= 15 is 0 Å². The van der Waals surface area contributed by atoms with Gasteiger partial charge in [0.1, 0.15) is 5.82 Å². The molecule has 0 spiro atoms. The maximum absolute atomic E-state index is 12.1. The van der Waals surface area contributed by atoms with Gasteiger partial charge in [0.05, 0.1) is 0 Å². The largest absolute Gasteiger partial charge is 0.339 e. The Bertz CT molecular complexity index is 1050. The molecule has 4 rings (SSSR count). The minimum atomic E-state index is 0.0180. The van der Waals surface area contributed by atoms with E-state index in [4.69, 9.17) is 4.98 Å². The van der Waals surface area contributed by atoms with Gasteiger partial charge in [-0.3, -0.25) is 9.78 Å². The molecule has 7 heteroatoms. The maximum atomic E-state index is 12.1. The van der Waals surface area contributed by atoms with Crippen molar-refractivity contribution in [3.63, 3.8) is 0 Å². The summed E-state index contributed by atoms with van der Waals surface area (Å²) in [5, 5.41) is 4.21. The summed E-state index contributed by atoms with van der Waals surface area (Å²) in [6, 6.07) is 8.31. The second-order valence-electron chi connectivity index (χ2n) is 7.99. The Hall–Kier alpha value is -3.06. The number of pyridine rings is 2. The molecule has 3 aromatic rings. The van der Waals surface area contributed by atoms with Crippen molar-refractivity contribution in [2.24, 2.45) is 5.92 Å². The molecule has 0 bridgehead atoms. The molecule has 1 aliphatic heterocycles. The van der Waals surface area contributed by atoms with Crippen molar-refractivity contribution in [3.05, 3.63) is 77.2 Å². The number of hydrogen-bond donors (Lipinski definition) is 1. The smallest absolute Gasteiger partial charge is 0.245 e. The highest BCUT2D eigenvalue weighted by Crippen LogP contribution is 2.25. The van der Waals surface area contributed by atoms with Crippen molar-refractivity contribution < 1.29 is 4.79 Å². The Kier molecular flexibility index (Phi) is 6.72. The van der Waals surface area contributed by atoms with Crippen LogP contribution < -0.4 is 5.32 Å². The van der Waals surface area contributed by atoms with Crippen LogP contribution in [-0.2, 0) is 17.6 Å². The number of thiazole rings is 1. The van der Waals surface area contributed by atoms with Crippen LogP contribution in [0.5, 0.6) is 0 Å². The van der Waals surface area contributed by atoms with E-state index in [9.17, 15) is 4.79 Å². The Morgan fingerprint density at radius 3 is 3.00 bits per heavy atom. The zero-order valence-corrected chi connectivity index (χ0v) is 18.6. The van der Waals surface area contributed by atoms with Crippen molar-refractivity contribution in [2.45, 2.75) is 32.6 Å². The van der Waals surface area contributed by atoms with E-state index in [1.54, 1.807) is 17.5 Å². The standard InChI is InChI=1S/C24H27N5OS/c1-3-23(30)29-9-5-7-19(16-29)11-21-12-20(10-18-6-4-8-25-15-18)13-22(27-21)28-24-26-14-17(2)31-24/h3-4,6,8,12-15,19H,1,5,7,9-11,16H2,2H3,(H,26,27,28). The van der Waals surface area contributed by atoms with Crippen molar-refractivity contribution >= 4 is 28.2 Å². The van der Waals surface area contributed by atoms with Gasteiger partial charge in [-0.25, -0.2) is 9.97 Å². The average Bonchev–Trinajstić information content (AvgIpc) is 3.18. The number of anilines is 2. The molecule has 0 aromatic carbocycles. The molecule has 6 nitrogen and oxygen atoms in total. The van der Waals surface area contributed by atoms with Gasteiger partial charge in [-0.15, -0.1) is 11.3 Å². The number of likely N-dealkylation sites (tertiary alicyclic amines) is 1. The van der Waals surface area contributed by atoms with Gasteiger partial charge < -0.3 is 10.2 Å². The van der Waals surface area contributed by atoms with Gasteiger partial charge in [0.25, 0.3) is 0 Å². The first-order chi connectivity index (χ1) is 15.1. The predicted octanol–water partition coefficient (Wildman–Crippen LogP) is 4.54. The number of carbonyl (C=O) groups is 1. The van der Waals surface area contributed by atoms with Crippen LogP contribution in [0.1, 0.15) is 34.5 Å². The first-order valence-corrected chi connectivity index (χ1v) is 11.4. The highest BCUT2D eigenvalue weighted by atomic mass is 32.1. The first kappa shape index (κ1) is 21.2. The molecule has 3 aromatic heterocycles. The number of hydrogen-bond acceptors (Lipinski definition) is 6. The van der Waals surface area contributed by atoms with Crippen LogP contribution in [-0.4, -0.2) is 38.8 Å². The van der Waals surface area contributed by atoms with Crippen molar-refractivity contribution in [1.82, 2.24) is 19.9 Å². The summed E-state index contributed by atoms with van der Waals surface area (Å²) in [5.74, 6) is 1.22. The number of aryl methyl sites for hydroxylation is 1. The fourth-order valence-corrected chi connectivity index (χ4v) is 4.71. The fraction of sp³-hybridized carbons (Fsp3) is 0.333. The Morgan fingerprint density at radius 1 is 1.35 bits per heavy atom. The first-order valence-electron chi connectivity index (χ1n) is 10.6. The van der Waals surface area contributed by atoms with Crippen LogP contribution in [0.4, 0.5) is 10.9 Å². The van der Waals surface area contributed by atoms with Crippen molar-refractivity contribution in [2.75, 3.05) is 18.4 Å². The molecular formula is C24H27N5OS. The van der Waals surface area contributed by atoms with Crippen LogP contribution in [0.2, 0.25) is 0 Å². The lowest BCUT2D eigenvalue weighted by Gasteiger charge is -2.32. The highest BCUT2D eigenvalue weighted by Gasteiger charge is 2.23. The van der Waals surface area contributed by atoms with Gasteiger partial charge in [-0.2, -0.15) is 0 Å². The molecule has 4 heterocycles. The Labute approximate surface area is 187 Å². The Balaban J connectivity index is 1.56. The Morgan fingerprint density at radius 2 is 2.26 bits per heavy atom. The lowest BCUT2D eigenvalue weighted by atomic mass is 9.92. The van der Waals surface area contributed by atoms with E-state index in [2.05, 4.69) is 40.1 Å². The highest BCUT2D eigenvalue weighted by molar-refractivity contribution is 7.15. The third-order valence-corrected chi connectivity index (χ3v) is 6.26. The number of piperidine rings is 1. The molecule has 160 valence electrons. The molecule has 1 aliphatic rings. The van der Waals surface area contributed by atoms with E-state index in [1.165, 1.54) is 11.6 Å². The summed E-state index contributed by atoms with van der Waals surface area (Å²) in [7, 11) is 0. The SMILES string of the molecule is C=CC(=O)N1CCCC(Cc2cc(Cc3cccnc3)cc(Nc3ncc(C)s3)n2)C1. The van der Waals surface area contributed by atoms with Crippen LogP contribution >= 0.6 is 11.3 Å². The molecule has 1 N–H and O–H groups in total. The molecule has 1 fully saturated rings. The van der Waals surface area contributed by atoms with Crippen LogP contribution in [0, 0.1) is 12.8 Å². The molecule has 1 saturated heterocycles. The van der Waals surface area contributed by atoms with Crippen LogP contribution in [0.3, 0.4) is 0 Å². The van der Waals surface area contributed by atoms with E-state index in [0.29, 0.717) is 5.92 Å². The van der Waals surface area contributed by atoms with Crippen LogP contribution in [0.15, 0.2) is 55.5 Å². The monoisotopic (exact) mass is 433 g/mol. The number of nitrogens with zero attached hydrogens (tertiary/aromatic N) is 4. The summed E-state index contributed by atoms with van der Waals surface area (Å²) in [6.45, 7) is 7.24. The van der Waals surface area contributed by atoms with E-state index in [0.717, 1.165) is 65.9 Å². The normalized spacial score (nSPS) is 16.2. The van der Waals surface area contributed by atoms with E-state index in [1.807, 2.05) is 30.3 Å². The van der Waals surface area contributed by atoms with Gasteiger partial charge in [0.2, 0.25) is 5.91 Å². The minimum absolute atomic E-state index is 0.0180. The van der Waals surface area contributed by atoms with Crippen molar-refractivity contribution in [3.8, 4) is 0 Å². The molecular weight excluding hydrogens is 406 g/mol. The van der Waals surface area contributed by atoms with Gasteiger partial charge in [0, 0.05) is 42.3 Å². The quantitative estimate of drug-likeness (QED) is 0.554. The second kappa shape index (κ2) is 9.83. The molecule has 31 heavy (non-hydrogen) atoms. The summed E-state index contributed by atoms with van der Waals surface area (Å²) < 4.78 is 0. The zero-order chi connectivity index (χ0) is 21.6. The number of carbonyl (C=O) groups excluding carboxylic acids is 1. The van der Waals surface area contributed by atoms with Crippen molar-refractivity contribution in [1.29, 1.82) is 0 Å². The fourth-order valence-electron chi connectivity index (χ4n) is 4.04. The lowest BCUT2D eigenvalue weighted by Crippen LogP contribution is -2.39. The maximum Gasteiger partial charge on any atom is 0.245 e. The third-order valence-electron chi connectivity index (χ3n) is 5.43. The second-order valence-corrected chi connectivity index (χ2v) is 9.23. The van der Waals surface area contributed by atoms with E-state index in [-0.39, 0.29) is 5.91 Å². The molecule has 1 unspecified atom stereocenters. The summed E-state index contributed by atoms with van der Waals surface area (Å²) in [5.41, 5.74) is 3.38. The molecule has 0 aliphatic carbocycles. The lowest BCUT2D eigenvalue weighted by molar-refractivity contribution is -0.127. The summed E-state index contributed by atoms with van der Waals surface area (Å²) >= 11 is 1.61. The average molecular weight is 434 g/mol. The summed E-state index contributed by atoms with van der Waals surface area (Å²) in [4.78, 5) is 28.6. The number of amides is 1. The van der Waals surface area contributed by atoms with Gasteiger partial charge in [-0.05, 0) is 73.9 Å². The van der Waals surface area contributed by atoms with Gasteiger partial charge >= 0.3 is 0 Å². The molecule has 0 saturated carbocycles.